The van der Waals surface area contributed by atoms with Gasteiger partial charge in [0.05, 0.1) is 0 Å². The van der Waals surface area contributed by atoms with E-state index >= 15 is 0 Å². The molecule has 124 valence electrons. The summed E-state index contributed by atoms with van der Waals surface area (Å²) >= 11 is 0. The maximum Gasteiger partial charge on any atom is 0.221 e. The highest BCUT2D eigenvalue weighted by Gasteiger charge is 2.25. The molecule has 1 aromatic rings. The maximum atomic E-state index is 12.1. The van der Waals surface area contributed by atoms with Crippen LogP contribution >= 0.6 is 12.4 Å². The third-order valence-corrected chi connectivity index (χ3v) is 4.37. The van der Waals surface area contributed by atoms with E-state index in [2.05, 4.69) is 55.7 Å². The zero-order chi connectivity index (χ0) is 15.3. The van der Waals surface area contributed by atoms with Crippen LogP contribution in [0.2, 0.25) is 0 Å². The first-order chi connectivity index (χ1) is 9.97. The van der Waals surface area contributed by atoms with Gasteiger partial charge in [0.1, 0.15) is 0 Å². The molecule has 1 amide bonds. The number of halogens is 1. The Labute approximate surface area is 140 Å². The van der Waals surface area contributed by atoms with Crippen molar-refractivity contribution in [2.24, 2.45) is 0 Å². The molecule has 2 rings (SSSR count). The van der Waals surface area contributed by atoms with Gasteiger partial charge in [-0.05, 0) is 43.7 Å². The van der Waals surface area contributed by atoms with Crippen molar-refractivity contribution >= 4 is 18.3 Å². The third kappa shape index (κ3) is 5.62. The number of hydrogen-bond acceptors (Lipinski definition) is 2. The molecule has 0 bridgehead atoms. The van der Waals surface area contributed by atoms with E-state index in [1.807, 2.05) is 6.07 Å². The van der Waals surface area contributed by atoms with E-state index in [-0.39, 0.29) is 29.8 Å². The lowest BCUT2D eigenvalue weighted by Gasteiger charge is -2.29. The van der Waals surface area contributed by atoms with Crippen LogP contribution in [0.3, 0.4) is 0 Å². The normalized spacial score (nSPS) is 19.3. The summed E-state index contributed by atoms with van der Waals surface area (Å²) in [6.07, 6.45) is 3.86. The van der Waals surface area contributed by atoms with Gasteiger partial charge in [0, 0.05) is 18.5 Å². The molecule has 2 N–H and O–H groups in total. The summed E-state index contributed by atoms with van der Waals surface area (Å²) in [6.45, 7) is 7.63. The predicted molar refractivity (Wildman–Crippen MR) is 94.6 cm³/mol. The summed E-state index contributed by atoms with van der Waals surface area (Å²) < 4.78 is 0. The maximum absolute atomic E-state index is 12.1. The molecule has 1 aliphatic rings. The zero-order valence-electron chi connectivity index (χ0n) is 13.9. The largest absolute Gasteiger partial charge is 0.354 e. The van der Waals surface area contributed by atoms with Gasteiger partial charge in [-0.15, -0.1) is 12.4 Å². The Morgan fingerprint density at radius 3 is 2.64 bits per heavy atom. The minimum atomic E-state index is 0. The minimum Gasteiger partial charge on any atom is -0.354 e. The number of benzene rings is 1. The molecule has 3 nitrogen and oxygen atoms in total. The molecular weight excluding hydrogens is 296 g/mol. The van der Waals surface area contributed by atoms with E-state index in [0.29, 0.717) is 12.5 Å². The monoisotopic (exact) mass is 324 g/mol. The first-order valence-corrected chi connectivity index (χ1v) is 8.05. The molecule has 2 unspecified atom stereocenters. The van der Waals surface area contributed by atoms with E-state index in [4.69, 9.17) is 0 Å². The van der Waals surface area contributed by atoms with Crippen LogP contribution in [0.15, 0.2) is 30.3 Å². The fourth-order valence-corrected chi connectivity index (χ4v) is 3.31. The van der Waals surface area contributed by atoms with Gasteiger partial charge < -0.3 is 10.6 Å². The van der Waals surface area contributed by atoms with Crippen molar-refractivity contribution in [1.82, 2.24) is 10.6 Å². The Morgan fingerprint density at radius 2 is 2.05 bits per heavy atom. The SMILES string of the molecule is CC(CC(C)(C)c1ccccc1)NC(=O)CC1CCCN1.Cl. The second-order valence-corrected chi connectivity index (χ2v) is 6.92. The Hall–Kier alpha value is -1.06. The van der Waals surface area contributed by atoms with Gasteiger partial charge in [-0.2, -0.15) is 0 Å². The predicted octanol–water partition coefficient (Wildman–Crippen LogP) is 3.42. The topological polar surface area (TPSA) is 41.1 Å². The van der Waals surface area contributed by atoms with Gasteiger partial charge in [-0.1, -0.05) is 44.2 Å². The molecule has 1 aliphatic heterocycles. The van der Waals surface area contributed by atoms with Crippen molar-refractivity contribution in [1.29, 1.82) is 0 Å². The lowest BCUT2D eigenvalue weighted by molar-refractivity contribution is -0.122. The van der Waals surface area contributed by atoms with Crippen LogP contribution in [0.4, 0.5) is 0 Å². The number of hydrogen-bond donors (Lipinski definition) is 2. The molecule has 0 radical (unpaired) electrons. The molecule has 0 aliphatic carbocycles. The summed E-state index contributed by atoms with van der Waals surface area (Å²) in [5.41, 5.74) is 1.39. The summed E-state index contributed by atoms with van der Waals surface area (Å²) in [6, 6.07) is 11.1. The molecule has 1 heterocycles. The molecule has 0 aromatic heterocycles. The Balaban J connectivity index is 0.00000242. The Bertz CT molecular complexity index is 455. The van der Waals surface area contributed by atoms with Crippen LogP contribution < -0.4 is 10.6 Å². The van der Waals surface area contributed by atoms with Crippen molar-refractivity contribution in [2.45, 2.75) is 64.0 Å². The van der Waals surface area contributed by atoms with Gasteiger partial charge >= 0.3 is 0 Å². The molecule has 1 aromatic carbocycles. The van der Waals surface area contributed by atoms with Gasteiger partial charge in [-0.25, -0.2) is 0 Å². The fraction of sp³-hybridized carbons (Fsp3) is 0.611. The first kappa shape index (κ1) is 19.0. The van der Waals surface area contributed by atoms with Gasteiger partial charge in [0.25, 0.3) is 0 Å². The van der Waals surface area contributed by atoms with Crippen molar-refractivity contribution in [3.63, 3.8) is 0 Å². The van der Waals surface area contributed by atoms with Crippen molar-refractivity contribution in [2.75, 3.05) is 6.54 Å². The first-order valence-electron chi connectivity index (χ1n) is 8.05. The highest BCUT2D eigenvalue weighted by molar-refractivity contribution is 5.85. The van der Waals surface area contributed by atoms with E-state index in [1.165, 1.54) is 12.0 Å². The Kier molecular flexibility index (Phi) is 7.37. The minimum absolute atomic E-state index is 0. The van der Waals surface area contributed by atoms with Crippen LogP contribution in [0.1, 0.15) is 52.0 Å². The quantitative estimate of drug-likeness (QED) is 0.841. The molecule has 0 saturated carbocycles. The molecule has 22 heavy (non-hydrogen) atoms. The molecular formula is C18H29ClN2O. The lowest BCUT2D eigenvalue weighted by Crippen LogP contribution is -2.39. The molecule has 0 spiro atoms. The highest BCUT2D eigenvalue weighted by atomic mass is 35.5. The standard InChI is InChI=1S/C18H28N2O.ClH/c1-14(20-17(21)12-16-10-7-11-19-16)13-18(2,3)15-8-5-4-6-9-15;/h4-6,8-9,14,16,19H,7,10-13H2,1-3H3,(H,20,21);1H. The summed E-state index contributed by atoms with van der Waals surface area (Å²) in [5, 5.41) is 6.53. The van der Waals surface area contributed by atoms with Crippen LogP contribution in [0, 0.1) is 0 Å². The summed E-state index contributed by atoms with van der Waals surface area (Å²) in [4.78, 5) is 12.1. The average molecular weight is 325 g/mol. The fourth-order valence-electron chi connectivity index (χ4n) is 3.31. The second-order valence-electron chi connectivity index (χ2n) is 6.92. The third-order valence-electron chi connectivity index (χ3n) is 4.37. The number of carbonyl (C=O) groups excluding carboxylic acids is 1. The van der Waals surface area contributed by atoms with E-state index in [0.717, 1.165) is 19.4 Å². The van der Waals surface area contributed by atoms with Crippen LogP contribution in [-0.4, -0.2) is 24.5 Å². The van der Waals surface area contributed by atoms with Crippen molar-refractivity contribution < 1.29 is 4.79 Å². The zero-order valence-corrected chi connectivity index (χ0v) is 14.7. The Morgan fingerprint density at radius 1 is 1.36 bits per heavy atom. The average Bonchev–Trinajstić information content (AvgIpc) is 2.91. The van der Waals surface area contributed by atoms with Gasteiger partial charge in [0.15, 0.2) is 0 Å². The van der Waals surface area contributed by atoms with Crippen molar-refractivity contribution in [3.05, 3.63) is 35.9 Å². The smallest absolute Gasteiger partial charge is 0.221 e. The summed E-state index contributed by atoms with van der Waals surface area (Å²) in [5.74, 6) is 0.172. The molecule has 1 saturated heterocycles. The lowest BCUT2D eigenvalue weighted by atomic mass is 9.79. The van der Waals surface area contributed by atoms with Crippen LogP contribution in [0.25, 0.3) is 0 Å². The highest BCUT2D eigenvalue weighted by Crippen LogP contribution is 2.28. The van der Waals surface area contributed by atoms with Crippen LogP contribution in [0.5, 0.6) is 0 Å². The van der Waals surface area contributed by atoms with E-state index in [1.54, 1.807) is 0 Å². The van der Waals surface area contributed by atoms with E-state index < -0.39 is 0 Å². The van der Waals surface area contributed by atoms with Crippen LogP contribution in [-0.2, 0) is 10.2 Å². The molecule has 2 atom stereocenters. The number of carbonyl (C=O) groups is 1. The number of nitrogens with one attached hydrogen (secondary N) is 2. The second kappa shape index (κ2) is 8.54. The number of rotatable bonds is 6. The summed E-state index contributed by atoms with van der Waals surface area (Å²) in [7, 11) is 0. The van der Waals surface area contributed by atoms with E-state index in [9.17, 15) is 4.79 Å². The molecule has 1 fully saturated rings. The van der Waals surface area contributed by atoms with Gasteiger partial charge in [-0.3, -0.25) is 4.79 Å². The van der Waals surface area contributed by atoms with Gasteiger partial charge in [0.2, 0.25) is 5.91 Å². The van der Waals surface area contributed by atoms with Crippen molar-refractivity contribution in [3.8, 4) is 0 Å². The molecule has 4 heteroatoms. The number of amides is 1.